The molecular weight excluding hydrogens is 384 g/mol. The van der Waals surface area contributed by atoms with Crippen LogP contribution in [-0.2, 0) is 28.5 Å². The highest BCUT2D eigenvalue weighted by Crippen LogP contribution is 2.13. The summed E-state index contributed by atoms with van der Waals surface area (Å²) in [6.45, 7) is -0.669. The molecule has 0 aromatic heterocycles. The zero-order chi connectivity index (χ0) is 22.3. The molecule has 0 aliphatic carbocycles. The smallest absolute Gasteiger partial charge is 0.151 e. The van der Waals surface area contributed by atoms with Crippen LogP contribution >= 0.6 is 0 Å². The van der Waals surface area contributed by atoms with Crippen LogP contribution in [0.15, 0.2) is 0 Å². The fourth-order valence-electron chi connectivity index (χ4n) is 2.12. The van der Waals surface area contributed by atoms with Gasteiger partial charge in [-0.25, -0.2) is 0 Å². The fraction of sp³-hybridized carbons (Fsp3) is 0.875. The predicted molar refractivity (Wildman–Crippen MR) is 93.5 cm³/mol. The van der Waals surface area contributed by atoms with E-state index in [9.17, 15) is 14.7 Å². The molecule has 0 aromatic rings. The minimum absolute atomic E-state index is 0.0258. The molecule has 0 aliphatic heterocycles. The molecule has 0 aromatic carbocycles. The Hall–Kier alpha value is -1.06. The number of carbonyl (C=O) groups is 2. The summed E-state index contributed by atoms with van der Waals surface area (Å²) < 4.78 is 20.0. The van der Waals surface area contributed by atoms with Gasteiger partial charge in [0.05, 0.1) is 13.2 Å². The molecule has 0 bridgehead atoms. The van der Waals surface area contributed by atoms with Crippen molar-refractivity contribution in [3.05, 3.63) is 0 Å². The zero-order valence-corrected chi connectivity index (χ0v) is 16.3. The van der Waals surface area contributed by atoms with E-state index in [1.165, 1.54) is 28.4 Å². The second-order valence-corrected chi connectivity index (χ2v) is 5.62. The minimum atomic E-state index is -1.79. The quantitative estimate of drug-likeness (QED) is 0.150. The van der Waals surface area contributed by atoms with Gasteiger partial charge in [-0.1, -0.05) is 0 Å². The van der Waals surface area contributed by atoms with Crippen LogP contribution in [0.2, 0.25) is 0 Å². The number of hydrogen-bond acceptors (Lipinski definition) is 12. The highest BCUT2D eigenvalue weighted by atomic mass is 16.6. The second kappa shape index (κ2) is 16.9. The number of hydrogen-bond donors (Lipinski definition) is 6. The van der Waals surface area contributed by atoms with Crippen LogP contribution in [0.25, 0.3) is 0 Å². The summed E-state index contributed by atoms with van der Waals surface area (Å²) in [5, 5.41) is 53.3. The summed E-state index contributed by atoms with van der Waals surface area (Å²) in [7, 11) is 5.70. The number of ether oxygens (including phenoxy) is 4. The Balaban J connectivity index is 0. The van der Waals surface area contributed by atoms with Crippen molar-refractivity contribution in [2.75, 3.05) is 41.7 Å². The van der Waals surface area contributed by atoms with Gasteiger partial charge < -0.3 is 59.2 Å². The predicted octanol–water partition coefficient (Wildman–Crippen LogP) is -4.14. The Labute approximate surface area is 163 Å². The Morgan fingerprint density at radius 3 is 1.61 bits per heavy atom. The van der Waals surface area contributed by atoms with E-state index in [0.717, 1.165) is 0 Å². The van der Waals surface area contributed by atoms with Gasteiger partial charge in [0.1, 0.15) is 48.8 Å². The van der Waals surface area contributed by atoms with Crippen molar-refractivity contribution in [1.29, 1.82) is 0 Å². The molecule has 28 heavy (non-hydrogen) atoms. The summed E-state index contributed by atoms with van der Waals surface area (Å²) in [5.74, 6) is 0. The maximum atomic E-state index is 10.8. The maximum Gasteiger partial charge on any atom is 0.151 e. The van der Waals surface area contributed by atoms with Crippen molar-refractivity contribution in [2.45, 2.75) is 48.8 Å². The molecule has 0 unspecified atom stereocenters. The molecular formula is C16H32O12. The standard InChI is InChI=1S/C10H20O6.C6H12O6/c1-13-6-7(12)9(15-3)10(16-4)8(5-11)14-2;7-1-3(9)5(11)6(12)4(10)2-8/h5,7-10,12H,6H2,1-4H3;1,3-6,8-12H,2H2/t7-,8+,9-,10-;3-,4+,5+,6+/m10/s1. The first-order chi connectivity index (χ1) is 13.2. The normalized spacial score (nSPS) is 19.8. The molecule has 12 nitrogen and oxygen atoms in total. The van der Waals surface area contributed by atoms with Crippen molar-refractivity contribution in [3.8, 4) is 0 Å². The van der Waals surface area contributed by atoms with Crippen molar-refractivity contribution < 1.29 is 59.2 Å². The molecule has 0 amide bonds. The summed E-state index contributed by atoms with van der Waals surface area (Å²) in [5.41, 5.74) is 0. The molecule has 12 heteroatoms. The van der Waals surface area contributed by atoms with Gasteiger partial charge in [-0.2, -0.15) is 0 Å². The number of aldehydes is 2. The van der Waals surface area contributed by atoms with E-state index in [4.69, 9.17) is 44.5 Å². The summed E-state index contributed by atoms with van der Waals surface area (Å²) >= 11 is 0. The van der Waals surface area contributed by atoms with E-state index in [1.807, 2.05) is 0 Å². The fourth-order valence-corrected chi connectivity index (χ4v) is 2.12. The first-order valence-corrected chi connectivity index (χ1v) is 8.19. The molecule has 168 valence electrons. The average Bonchev–Trinajstić information content (AvgIpc) is 2.72. The van der Waals surface area contributed by atoms with Crippen LogP contribution in [0.3, 0.4) is 0 Å². The third-order valence-electron chi connectivity index (χ3n) is 3.74. The summed E-state index contributed by atoms with van der Waals surface area (Å²) in [6, 6.07) is 0. The summed E-state index contributed by atoms with van der Waals surface area (Å²) in [4.78, 5) is 20.7. The van der Waals surface area contributed by atoms with Crippen LogP contribution in [0, 0.1) is 0 Å². The van der Waals surface area contributed by atoms with Gasteiger partial charge in [-0.3, -0.25) is 0 Å². The van der Waals surface area contributed by atoms with Crippen LogP contribution in [0.4, 0.5) is 0 Å². The molecule has 0 spiro atoms. The van der Waals surface area contributed by atoms with E-state index in [-0.39, 0.29) is 12.9 Å². The molecule has 0 radical (unpaired) electrons. The Morgan fingerprint density at radius 1 is 0.750 bits per heavy atom. The lowest BCUT2D eigenvalue weighted by Crippen LogP contribution is -2.49. The van der Waals surface area contributed by atoms with Gasteiger partial charge in [-0.15, -0.1) is 0 Å². The molecule has 0 heterocycles. The SMILES string of the molecule is COC[C@@H](O)[C@@H](OC)[C@H](OC)[C@H](C=O)OC.O=C[C@H](O)[C@@H](O)[C@H](O)[C@H](O)CO. The number of methoxy groups -OCH3 is 4. The van der Waals surface area contributed by atoms with Gasteiger partial charge in [0.2, 0.25) is 0 Å². The molecule has 6 N–H and O–H groups in total. The van der Waals surface area contributed by atoms with Gasteiger partial charge >= 0.3 is 0 Å². The highest BCUT2D eigenvalue weighted by Gasteiger charge is 2.34. The van der Waals surface area contributed by atoms with Crippen LogP contribution in [0.1, 0.15) is 0 Å². The van der Waals surface area contributed by atoms with Gasteiger partial charge in [-0.05, 0) is 0 Å². The number of aliphatic hydroxyl groups is 6. The molecule has 0 rings (SSSR count). The summed E-state index contributed by atoms with van der Waals surface area (Å²) in [6.07, 6.45) is -9.29. The second-order valence-electron chi connectivity index (χ2n) is 5.62. The highest BCUT2D eigenvalue weighted by molar-refractivity contribution is 5.57. The number of carbonyl (C=O) groups excluding carboxylic acids is 2. The van der Waals surface area contributed by atoms with Crippen molar-refractivity contribution in [3.63, 3.8) is 0 Å². The van der Waals surface area contributed by atoms with E-state index in [0.29, 0.717) is 6.29 Å². The monoisotopic (exact) mass is 416 g/mol. The molecule has 8 atom stereocenters. The van der Waals surface area contributed by atoms with Crippen molar-refractivity contribution >= 4 is 12.6 Å². The molecule has 0 aliphatic rings. The average molecular weight is 416 g/mol. The van der Waals surface area contributed by atoms with Gasteiger partial charge in [0, 0.05) is 28.4 Å². The third-order valence-corrected chi connectivity index (χ3v) is 3.74. The lowest BCUT2D eigenvalue weighted by atomic mass is 10.0. The van der Waals surface area contributed by atoms with Gasteiger partial charge in [0.15, 0.2) is 12.6 Å². The Bertz CT molecular complexity index is 396. The Morgan fingerprint density at radius 2 is 1.29 bits per heavy atom. The van der Waals surface area contributed by atoms with Crippen molar-refractivity contribution in [1.82, 2.24) is 0 Å². The van der Waals surface area contributed by atoms with Crippen molar-refractivity contribution in [2.24, 2.45) is 0 Å². The van der Waals surface area contributed by atoms with E-state index in [1.54, 1.807) is 0 Å². The molecule has 0 saturated carbocycles. The topological polar surface area (TPSA) is 192 Å². The zero-order valence-electron chi connectivity index (χ0n) is 16.3. The molecule has 0 saturated heterocycles. The lowest BCUT2D eigenvalue weighted by Gasteiger charge is -2.31. The van der Waals surface area contributed by atoms with Crippen LogP contribution in [0.5, 0.6) is 0 Å². The van der Waals surface area contributed by atoms with Crippen LogP contribution in [-0.4, -0.2) is 134 Å². The first-order valence-electron chi connectivity index (χ1n) is 8.19. The molecule has 0 fully saturated rings. The number of rotatable bonds is 14. The van der Waals surface area contributed by atoms with E-state index in [2.05, 4.69) is 0 Å². The first kappa shape index (κ1) is 29.1. The Kier molecular flexibility index (Phi) is 17.5. The third kappa shape index (κ3) is 9.93. The van der Waals surface area contributed by atoms with E-state index < -0.39 is 55.4 Å². The van der Waals surface area contributed by atoms with Crippen LogP contribution < -0.4 is 0 Å². The lowest BCUT2D eigenvalue weighted by molar-refractivity contribution is -0.156. The minimum Gasteiger partial charge on any atom is -0.394 e. The van der Waals surface area contributed by atoms with Gasteiger partial charge in [0.25, 0.3) is 0 Å². The van der Waals surface area contributed by atoms with E-state index >= 15 is 0 Å². The maximum absolute atomic E-state index is 10.8. The number of aliphatic hydroxyl groups excluding tert-OH is 6. The largest absolute Gasteiger partial charge is 0.394 e.